The van der Waals surface area contributed by atoms with Crippen molar-refractivity contribution >= 4 is 18.4 Å². The van der Waals surface area contributed by atoms with Gasteiger partial charge in [-0.1, -0.05) is 0 Å². The van der Waals surface area contributed by atoms with E-state index in [4.69, 9.17) is 5.11 Å². The maximum atomic E-state index is 11.1. The fourth-order valence-electron chi connectivity index (χ4n) is 1.90. The predicted octanol–water partition coefficient (Wildman–Crippen LogP) is 0.362. The molecule has 0 aromatic carbocycles. The van der Waals surface area contributed by atoms with Gasteiger partial charge in [-0.25, -0.2) is 0 Å². The average molecular weight is 258 g/mol. The Balaban J connectivity index is 0.00000144. The number of carboxylic acid groups (broad SMARTS) is 1. The van der Waals surface area contributed by atoms with Gasteiger partial charge in [0.25, 0.3) is 0 Å². The third-order valence-electron chi connectivity index (χ3n) is 2.77. The van der Waals surface area contributed by atoms with E-state index in [0.29, 0.717) is 13.1 Å². The summed E-state index contributed by atoms with van der Waals surface area (Å²) in [7, 11) is 0. The van der Waals surface area contributed by atoms with Crippen LogP contribution in [0.2, 0.25) is 0 Å². The Labute approximate surface area is 106 Å². The molecule has 0 aliphatic carbocycles. The van der Waals surface area contributed by atoms with E-state index in [1.165, 1.54) is 0 Å². The van der Waals surface area contributed by atoms with Gasteiger partial charge in [-0.05, 0) is 17.7 Å². The monoisotopic (exact) mass is 257 g/mol. The highest BCUT2D eigenvalue weighted by Crippen LogP contribution is 2.09. The van der Waals surface area contributed by atoms with Crippen molar-refractivity contribution in [3.05, 3.63) is 30.1 Å². The smallest absolute Gasteiger partial charge is 0.322 e. The van der Waals surface area contributed by atoms with Crippen molar-refractivity contribution < 1.29 is 9.90 Å². The maximum absolute atomic E-state index is 11.1. The molecular weight excluding hydrogens is 242 g/mol. The summed E-state index contributed by atoms with van der Waals surface area (Å²) in [5, 5.41) is 12.2. The number of pyridine rings is 1. The summed E-state index contributed by atoms with van der Waals surface area (Å²) in [6.07, 6.45) is 3.46. The Kier molecular flexibility index (Phi) is 5.34. The molecule has 0 spiro atoms. The molecule has 1 atom stereocenters. The second kappa shape index (κ2) is 6.54. The summed E-state index contributed by atoms with van der Waals surface area (Å²) in [6.45, 7) is 2.79. The predicted molar refractivity (Wildman–Crippen MR) is 66.2 cm³/mol. The van der Waals surface area contributed by atoms with Crippen molar-refractivity contribution in [2.75, 3.05) is 19.6 Å². The first-order chi connectivity index (χ1) is 7.77. The van der Waals surface area contributed by atoms with Crippen LogP contribution in [0.1, 0.15) is 5.56 Å². The van der Waals surface area contributed by atoms with Gasteiger partial charge in [-0.2, -0.15) is 0 Å². The van der Waals surface area contributed by atoms with Crippen LogP contribution >= 0.6 is 12.4 Å². The van der Waals surface area contributed by atoms with Gasteiger partial charge in [0.05, 0.1) is 0 Å². The van der Waals surface area contributed by atoms with Gasteiger partial charge >= 0.3 is 5.97 Å². The number of piperazine rings is 1. The summed E-state index contributed by atoms with van der Waals surface area (Å²) >= 11 is 0. The molecular formula is C11H16ClN3O2. The lowest BCUT2D eigenvalue weighted by Gasteiger charge is -2.33. The Bertz CT molecular complexity index is 361. The number of nitrogens with one attached hydrogen (secondary N) is 1. The number of halogens is 1. The second-order valence-electron chi connectivity index (χ2n) is 3.88. The van der Waals surface area contributed by atoms with Gasteiger partial charge in [0.1, 0.15) is 6.04 Å². The zero-order valence-electron chi connectivity index (χ0n) is 9.37. The first-order valence-corrected chi connectivity index (χ1v) is 5.34. The minimum Gasteiger partial charge on any atom is -0.480 e. The minimum atomic E-state index is -0.763. The van der Waals surface area contributed by atoms with Crippen LogP contribution in [-0.4, -0.2) is 46.6 Å². The normalized spacial score (nSPS) is 20.6. The van der Waals surface area contributed by atoms with E-state index in [-0.39, 0.29) is 12.4 Å². The summed E-state index contributed by atoms with van der Waals surface area (Å²) in [6, 6.07) is 3.41. The third kappa shape index (κ3) is 3.66. The van der Waals surface area contributed by atoms with Crippen LogP contribution in [0.25, 0.3) is 0 Å². The Hall–Kier alpha value is -1.17. The van der Waals surface area contributed by atoms with E-state index in [9.17, 15) is 4.79 Å². The van der Waals surface area contributed by atoms with Crippen molar-refractivity contribution in [2.45, 2.75) is 12.6 Å². The van der Waals surface area contributed by atoms with Gasteiger partial charge in [0, 0.05) is 38.6 Å². The van der Waals surface area contributed by atoms with Crippen LogP contribution in [0.3, 0.4) is 0 Å². The molecule has 1 fully saturated rings. The lowest BCUT2D eigenvalue weighted by atomic mass is 10.1. The van der Waals surface area contributed by atoms with E-state index >= 15 is 0 Å². The van der Waals surface area contributed by atoms with Crippen LogP contribution in [0, 0.1) is 0 Å². The van der Waals surface area contributed by atoms with E-state index in [1.807, 2.05) is 17.0 Å². The van der Waals surface area contributed by atoms with Gasteiger partial charge in [-0.3, -0.25) is 14.7 Å². The first kappa shape index (κ1) is 13.9. The number of carbonyl (C=O) groups is 1. The van der Waals surface area contributed by atoms with Crippen molar-refractivity contribution in [2.24, 2.45) is 0 Å². The molecule has 2 rings (SSSR count). The number of carboxylic acids is 1. The highest BCUT2D eigenvalue weighted by Gasteiger charge is 2.27. The molecule has 1 unspecified atom stereocenters. The first-order valence-electron chi connectivity index (χ1n) is 5.34. The van der Waals surface area contributed by atoms with Crippen LogP contribution in [0.5, 0.6) is 0 Å². The van der Waals surface area contributed by atoms with E-state index in [2.05, 4.69) is 10.3 Å². The lowest BCUT2D eigenvalue weighted by molar-refractivity contribution is -0.144. The summed E-state index contributed by atoms with van der Waals surface area (Å²) < 4.78 is 0. The topological polar surface area (TPSA) is 65.5 Å². The molecule has 6 heteroatoms. The maximum Gasteiger partial charge on any atom is 0.322 e. The van der Waals surface area contributed by atoms with Crippen LogP contribution in [-0.2, 0) is 11.3 Å². The molecule has 0 bridgehead atoms. The van der Waals surface area contributed by atoms with Crippen molar-refractivity contribution in [1.82, 2.24) is 15.2 Å². The molecule has 1 aliphatic heterocycles. The zero-order chi connectivity index (χ0) is 11.4. The molecule has 1 aromatic heterocycles. The lowest BCUT2D eigenvalue weighted by Crippen LogP contribution is -2.54. The van der Waals surface area contributed by atoms with E-state index in [0.717, 1.165) is 18.7 Å². The molecule has 0 radical (unpaired) electrons. The van der Waals surface area contributed by atoms with Crippen molar-refractivity contribution in [3.8, 4) is 0 Å². The molecule has 1 aromatic rings. The standard InChI is InChI=1S/C11H15N3O2.ClH/c15-11(16)10-7-13-5-6-14(10)8-9-1-3-12-4-2-9;/h1-4,10,13H,5-8H2,(H,15,16);1H. The van der Waals surface area contributed by atoms with Gasteiger partial charge in [0.2, 0.25) is 0 Å². The number of aliphatic carboxylic acids is 1. The summed E-state index contributed by atoms with van der Waals surface area (Å²) in [4.78, 5) is 17.0. The number of aromatic nitrogens is 1. The third-order valence-corrected chi connectivity index (χ3v) is 2.77. The molecule has 1 saturated heterocycles. The number of hydrogen-bond acceptors (Lipinski definition) is 4. The van der Waals surface area contributed by atoms with Crippen molar-refractivity contribution in [3.63, 3.8) is 0 Å². The minimum absolute atomic E-state index is 0. The molecule has 0 saturated carbocycles. The molecule has 0 amide bonds. The number of nitrogens with zero attached hydrogens (tertiary/aromatic N) is 2. The van der Waals surface area contributed by atoms with E-state index < -0.39 is 12.0 Å². The molecule has 2 N–H and O–H groups in total. The fraction of sp³-hybridized carbons (Fsp3) is 0.455. The van der Waals surface area contributed by atoms with Crippen LogP contribution in [0.15, 0.2) is 24.5 Å². The molecule has 1 aliphatic rings. The molecule has 2 heterocycles. The molecule has 94 valence electrons. The van der Waals surface area contributed by atoms with Crippen molar-refractivity contribution in [1.29, 1.82) is 0 Å². The number of hydrogen-bond donors (Lipinski definition) is 2. The summed E-state index contributed by atoms with van der Waals surface area (Å²) in [5.74, 6) is -0.763. The Morgan fingerprint density at radius 3 is 2.88 bits per heavy atom. The second-order valence-corrected chi connectivity index (χ2v) is 3.88. The van der Waals surface area contributed by atoms with Gasteiger partial charge in [0.15, 0.2) is 0 Å². The highest BCUT2D eigenvalue weighted by atomic mass is 35.5. The van der Waals surface area contributed by atoms with E-state index in [1.54, 1.807) is 12.4 Å². The van der Waals surface area contributed by atoms with Crippen LogP contribution in [0.4, 0.5) is 0 Å². The summed E-state index contributed by atoms with van der Waals surface area (Å²) in [5.41, 5.74) is 1.10. The Morgan fingerprint density at radius 1 is 1.53 bits per heavy atom. The molecule has 17 heavy (non-hydrogen) atoms. The average Bonchev–Trinajstić information content (AvgIpc) is 2.31. The van der Waals surface area contributed by atoms with Gasteiger partial charge < -0.3 is 10.4 Å². The fourth-order valence-corrected chi connectivity index (χ4v) is 1.90. The molecule has 5 nitrogen and oxygen atoms in total. The zero-order valence-corrected chi connectivity index (χ0v) is 10.2. The van der Waals surface area contributed by atoms with Gasteiger partial charge in [-0.15, -0.1) is 12.4 Å². The van der Waals surface area contributed by atoms with Crippen LogP contribution < -0.4 is 5.32 Å². The largest absolute Gasteiger partial charge is 0.480 e. The number of rotatable bonds is 3. The SMILES string of the molecule is Cl.O=C(O)C1CNCCN1Cc1ccncc1. The Morgan fingerprint density at radius 2 is 2.24 bits per heavy atom. The quantitative estimate of drug-likeness (QED) is 0.819. The highest BCUT2D eigenvalue weighted by molar-refractivity contribution is 5.85.